The van der Waals surface area contributed by atoms with Crippen LogP contribution in [0.25, 0.3) is 0 Å². The average Bonchev–Trinajstić information content (AvgIpc) is 2.83. The number of carbonyl (C=O) groups is 1. The molecule has 1 fully saturated rings. The van der Waals surface area contributed by atoms with Crippen molar-refractivity contribution in [3.05, 3.63) is 22.4 Å². The van der Waals surface area contributed by atoms with Crippen molar-refractivity contribution in [2.75, 3.05) is 6.54 Å². The molecule has 2 rings (SSSR count). The zero-order valence-electron chi connectivity index (χ0n) is 9.53. The van der Waals surface area contributed by atoms with Crippen LogP contribution >= 0.6 is 11.3 Å². The van der Waals surface area contributed by atoms with Crippen LogP contribution in [0, 0.1) is 0 Å². The van der Waals surface area contributed by atoms with Gasteiger partial charge < -0.3 is 10.6 Å². The van der Waals surface area contributed by atoms with Gasteiger partial charge in [0, 0.05) is 4.88 Å². The quantitative estimate of drug-likeness (QED) is 0.846. The van der Waals surface area contributed by atoms with Crippen LogP contribution in [0.2, 0.25) is 0 Å². The number of carbonyl (C=O) groups excluding carboxylic acids is 1. The maximum Gasteiger partial charge on any atom is 0.237 e. The molecule has 1 aliphatic heterocycles. The van der Waals surface area contributed by atoms with Crippen molar-refractivity contribution in [1.29, 1.82) is 0 Å². The van der Waals surface area contributed by atoms with E-state index < -0.39 is 0 Å². The maximum absolute atomic E-state index is 11.9. The van der Waals surface area contributed by atoms with E-state index in [2.05, 4.69) is 16.7 Å². The molecular weight excluding hydrogens is 220 g/mol. The van der Waals surface area contributed by atoms with Crippen molar-refractivity contribution in [2.24, 2.45) is 0 Å². The molecule has 0 radical (unpaired) electrons. The van der Waals surface area contributed by atoms with E-state index in [9.17, 15) is 4.79 Å². The largest absolute Gasteiger partial charge is 0.347 e. The highest BCUT2D eigenvalue weighted by Gasteiger charge is 2.22. The van der Waals surface area contributed by atoms with Gasteiger partial charge in [0.15, 0.2) is 0 Å². The molecule has 1 aliphatic rings. The first kappa shape index (κ1) is 11.6. The van der Waals surface area contributed by atoms with Crippen LogP contribution in [0.1, 0.15) is 37.1 Å². The topological polar surface area (TPSA) is 41.1 Å². The Hall–Kier alpha value is -0.870. The Labute approximate surface area is 100 Å². The van der Waals surface area contributed by atoms with Crippen LogP contribution in [0.5, 0.6) is 0 Å². The molecule has 88 valence electrons. The molecule has 3 nitrogen and oxygen atoms in total. The normalized spacial score (nSPS) is 22.7. The summed E-state index contributed by atoms with van der Waals surface area (Å²) >= 11 is 1.68. The molecule has 0 spiro atoms. The molecule has 4 heteroatoms. The summed E-state index contributed by atoms with van der Waals surface area (Å²) in [4.78, 5) is 13.1. The highest BCUT2D eigenvalue weighted by molar-refractivity contribution is 7.10. The average molecular weight is 238 g/mol. The second kappa shape index (κ2) is 5.46. The van der Waals surface area contributed by atoms with Gasteiger partial charge in [-0.1, -0.05) is 12.5 Å². The van der Waals surface area contributed by atoms with Crippen LogP contribution in [0.15, 0.2) is 17.5 Å². The minimum absolute atomic E-state index is 0.0103. The van der Waals surface area contributed by atoms with E-state index in [4.69, 9.17) is 0 Å². The Morgan fingerprint density at radius 2 is 2.50 bits per heavy atom. The van der Waals surface area contributed by atoms with Crippen LogP contribution in [-0.4, -0.2) is 18.5 Å². The van der Waals surface area contributed by atoms with Crippen LogP contribution < -0.4 is 10.6 Å². The first-order valence-corrected chi connectivity index (χ1v) is 6.72. The lowest BCUT2D eigenvalue weighted by atomic mass is 10.0. The minimum Gasteiger partial charge on any atom is -0.347 e. The highest BCUT2D eigenvalue weighted by Crippen LogP contribution is 2.18. The van der Waals surface area contributed by atoms with Crippen molar-refractivity contribution >= 4 is 17.2 Å². The second-order valence-electron chi connectivity index (χ2n) is 4.25. The van der Waals surface area contributed by atoms with Crippen LogP contribution in [0.4, 0.5) is 0 Å². The SMILES string of the molecule is CC(NC(=O)[C@H]1CCCCN1)c1cccs1. The molecule has 2 atom stereocenters. The molecule has 0 aromatic carbocycles. The fourth-order valence-corrected chi connectivity index (χ4v) is 2.73. The first-order chi connectivity index (χ1) is 7.77. The number of piperidine rings is 1. The van der Waals surface area contributed by atoms with Crippen LogP contribution in [-0.2, 0) is 4.79 Å². The fraction of sp³-hybridized carbons (Fsp3) is 0.583. The summed E-state index contributed by atoms with van der Waals surface area (Å²) < 4.78 is 0. The summed E-state index contributed by atoms with van der Waals surface area (Å²) in [5.41, 5.74) is 0. The Balaban J connectivity index is 1.86. The zero-order valence-corrected chi connectivity index (χ0v) is 10.3. The Bertz CT molecular complexity index is 331. The van der Waals surface area contributed by atoms with Crippen LogP contribution in [0.3, 0.4) is 0 Å². The lowest BCUT2D eigenvalue weighted by Crippen LogP contribution is -2.47. The predicted octanol–water partition coefficient (Wildman–Crippen LogP) is 2.07. The summed E-state index contributed by atoms with van der Waals surface area (Å²) in [5.74, 6) is 0.139. The third-order valence-corrected chi connectivity index (χ3v) is 4.01. The fourth-order valence-electron chi connectivity index (χ4n) is 2.00. The Morgan fingerprint density at radius 3 is 3.12 bits per heavy atom. The third-order valence-electron chi connectivity index (χ3n) is 2.96. The van der Waals surface area contributed by atoms with E-state index >= 15 is 0 Å². The monoisotopic (exact) mass is 238 g/mol. The molecule has 1 aromatic rings. The number of nitrogens with one attached hydrogen (secondary N) is 2. The molecular formula is C12H18N2OS. The number of rotatable bonds is 3. The van der Waals surface area contributed by atoms with Gasteiger partial charge in [-0.3, -0.25) is 4.79 Å². The van der Waals surface area contributed by atoms with E-state index in [1.165, 1.54) is 11.3 Å². The van der Waals surface area contributed by atoms with Crippen molar-refractivity contribution in [2.45, 2.75) is 38.3 Å². The molecule has 2 heterocycles. The molecule has 1 saturated heterocycles. The maximum atomic E-state index is 11.9. The number of thiophene rings is 1. The van der Waals surface area contributed by atoms with Crippen molar-refractivity contribution in [3.8, 4) is 0 Å². The lowest BCUT2D eigenvalue weighted by Gasteiger charge is -2.24. The summed E-state index contributed by atoms with van der Waals surface area (Å²) in [6.07, 6.45) is 3.30. The van der Waals surface area contributed by atoms with Gasteiger partial charge in [-0.05, 0) is 37.8 Å². The molecule has 2 N–H and O–H groups in total. The van der Waals surface area contributed by atoms with Gasteiger partial charge in [-0.2, -0.15) is 0 Å². The van der Waals surface area contributed by atoms with E-state index in [1.54, 1.807) is 11.3 Å². The third kappa shape index (κ3) is 2.83. The summed E-state index contributed by atoms with van der Waals surface area (Å²) in [6.45, 7) is 3.00. The van der Waals surface area contributed by atoms with Gasteiger partial charge in [-0.25, -0.2) is 0 Å². The molecule has 1 amide bonds. The molecule has 1 unspecified atom stereocenters. The molecule has 0 bridgehead atoms. The second-order valence-corrected chi connectivity index (χ2v) is 5.23. The number of amides is 1. The van der Waals surface area contributed by atoms with Gasteiger partial charge in [0.25, 0.3) is 0 Å². The van der Waals surface area contributed by atoms with Gasteiger partial charge >= 0.3 is 0 Å². The van der Waals surface area contributed by atoms with E-state index in [0.29, 0.717) is 0 Å². The Kier molecular flexibility index (Phi) is 3.96. The smallest absolute Gasteiger partial charge is 0.237 e. The molecule has 0 saturated carbocycles. The summed E-state index contributed by atoms with van der Waals surface area (Å²) in [6, 6.07) is 4.21. The van der Waals surface area contributed by atoms with Crippen molar-refractivity contribution in [3.63, 3.8) is 0 Å². The molecule has 16 heavy (non-hydrogen) atoms. The van der Waals surface area contributed by atoms with E-state index in [0.717, 1.165) is 19.4 Å². The van der Waals surface area contributed by atoms with Gasteiger partial charge in [0.1, 0.15) is 0 Å². The summed E-state index contributed by atoms with van der Waals surface area (Å²) in [7, 11) is 0. The molecule has 0 aliphatic carbocycles. The van der Waals surface area contributed by atoms with Crippen molar-refractivity contribution < 1.29 is 4.79 Å². The van der Waals surface area contributed by atoms with Gasteiger partial charge in [-0.15, -0.1) is 11.3 Å². The zero-order chi connectivity index (χ0) is 11.4. The summed E-state index contributed by atoms with van der Waals surface area (Å²) in [5, 5.41) is 8.36. The Morgan fingerprint density at radius 1 is 1.62 bits per heavy atom. The highest BCUT2D eigenvalue weighted by atomic mass is 32.1. The number of hydrogen-bond donors (Lipinski definition) is 2. The number of hydrogen-bond acceptors (Lipinski definition) is 3. The standard InChI is InChI=1S/C12H18N2OS/c1-9(11-6-4-8-16-11)14-12(15)10-5-2-3-7-13-10/h4,6,8-10,13H,2-3,5,7H2,1H3,(H,14,15)/t9?,10-/m1/s1. The first-order valence-electron chi connectivity index (χ1n) is 5.84. The van der Waals surface area contributed by atoms with E-state index in [-0.39, 0.29) is 18.0 Å². The van der Waals surface area contributed by atoms with Gasteiger partial charge in [0.2, 0.25) is 5.91 Å². The van der Waals surface area contributed by atoms with E-state index in [1.807, 2.05) is 18.4 Å². The minimum atomic E-state index is 0.0103. The van der Waals surface area contributed by atoms with Crippen molar-refractivity contribution in [1.82, 2.24) is 10.6 Å². The predicted molar refractivity (Wildman–Crippen MR) is 66.5 cm³/mol. The lowest BCUT2D eigenvalue weighted by molar-refractivity contribution is -0.124. The molecule has 1 aromatic heterocycles. The van der Waals surface area contributed by atoms with Gasteiger partial charge in [0.05, 0.1) is 12.1 Å².